The van der Waals surface area contributed by atoms with Crippen LogP contribution in [0.1, 0.15) is 22.5 Å². The van der Waals surface area contributed by atoms with Crippen LogP contribution in [-0.2, 0) is 23.2 Å². The van der Waals surface area contributed by atoms with Gasteiger partial charge in [0.2, 0.25) is 0 Å². The number of hydrogen-bond donors (Lipinski definition) is 2. The average molecular weight is 483 g/mol. The topological polar surface area (TPSA) is 148 Å². The number of aryl methyl sites for hydroxylation is 1. The van der Waals surface area contributed by atoms with E-state index >= 15 is 0 Å². The number of carboxylic acid groups (broad SMARTS) is 2. The zero-order valence-electron chi connectivity index (χ0n) is 18.1. The number of fused-ring (bicyclic) bond motifs is 3. The van der Waals surface area contributed by atoms with Crippen molar-refractivity contribution in [2.75, 3.05) is 0 Å². The van der Waals surface area contributed by atoms with E-state index in [2.05, 4.69) is 5.10 Å². The van der Waals surface area contributed by atoms with Gasteiger partial charge in [0.1, 0.15) is 0 Å². The van der Waals surface area contributed by atoms with Crippen LogP contribution in [0.25, 0.3) is 11.1 Å². The van der Waals surface area contributed by atoms with Crippen LogP contribution in [0.15, 0.2) is 59.6 Å². The van der Waals surface area contributed by atoms with E-state index in [1.165, 1.54) is 6.07 Å². The van der Waals surface area contributed by atoms with Crippen LogP contribution >= 0.6 is 11.6 Å². The quantitative estimate of drug-likeness (QED) is 0.324. The van der Waals surface area contributed by atoms with Crippen molar-refractivity contribution in [2.24, 2.45) is 12.0 Å². The first-order valence-corrected chi connectivity index (χ1v) is 10.2. The third-order valence-electron chi connectivity index (χ3n) is 5.03. The Morgan fingerprint density at radius 3 is 2.32 bits per heavy atom. The van der Waals surface area contributed by atoms with Crippen LogP contribution in [0.2, 0.25) is 5.02 Å². The number of nitro groups is 1. The monoisotopic (exact) mass is 482 g/mol. The Balaban J connectivity index is 0.000000350. The van der Waals surface area contributed by atoms with Crippen LogP contribution < -0.4 is 0 Å². The van der Waals surface area contributed by atoms with Crippen molar-refractivity contribution < 1.29 is 24.7 Å². The lowest BCUT2D eigenvalue weighted by Gasteiger charge is -2.12. The largest absolute Gasteiger partial charge is 0.478 e. The predicted molar refractivity (Wildman–Crippen MR) is 125 cm³/mol. The molecular weight excluding hydrogens is 464 g/mol. The fourth-order valence-corrected chi connectivity index (χ4v) is 3.69. The third-order valence-corrected chi connectivity index (χ3v) is 5.36. The van der Waals surface area contributed by atoms with Crippen LogP contribution in [-0.4, -0.2) is 42.6 Å². The molecule has 0 atom stereocenters. The van der Waals surface area contributed by atoms with Crippen LogP contribution in [0.3, 0.4) is 0 Å². The van der Waals surface area contributed by atoms with Crippen molar-refractivity contribution in [2.45, 2.75) is 13.5 Å². The molecule has 0 saturated carbocycles. The number of nitrogens with zero attached hydrogens (tertiary/aromatic N) is 4. The standard InChI is InChI=1S/C19H15ClN4O2.C4H4O4/c1-11-18-13-8-7-12(24(25)26)9-15(13)19(14-5-3-4-6-16(14)20)21-10-17(18)22-23(11)2;5-3(6)1-2-4(7)8/h3-9H,10H2,1-2H3;1-2H,(H,5,6)(H,7,8)/b;2-1-. The summed E-state index contributed by atoms with van der Waals surface area (Å²) in [5.41, 5.74) is 5.82. The molecule has 0 amide bonds. The van der Waals surface area contributed by atoms with E-state index in [0.717, 1.165) is 28.1 Å². The first kappa shape index (κ1) is 24.3. The van der Waals surface area contributed by atoms with Gasteiger partial charge in [0, 0.05) is 58.7 Å². The van der Waals surface area contributed by atoms with E-state index < -0.39 is 16.9 Å². The van der Waals surface area contributed by atoms with Crippen LogP contribution in [0.4, 0.5) is 5.69 Å². The van der Waals surface area contributed by atoms with Crippen LogP contribution in [0.5, 0.6) is 0 Å². The normalized spacial score (nSPS) is 12.0. The van der Waals surface area contributed by atoms with Gasteiger partial charge in [-0.1, -0.05) is 29.8 Å². The zero-order valence-corrected chi connectivity index (χ0v) is 18.9. The summed E-state index contributed by atoms with van der Waals surface area (Å²) in [6.07, 6.45) is 1.12. The Morgan fingerprint density at radius 1 is 1.09 bits per heavy atom. The third kappa shape index (κ3) is 5.18. The molecule has 0 bridgehead atoms. The van der Waals surface area contributed by atoms with E-state index in [1.54, 1.807) is 18.2 Å². The minimum Gasteiger partial charge on any atom is -0.478 e. The van der Waals surface area contributed by atoms with Gasteiger partial charge in [-0.05, 0) is 24.6 Å². The lowest BCUT2D eigenvalue weighted by Crippen LogP contribution is -2.07. The molecule has 34 heavy (non-hydrogen) atoms. The molecule has 1 aliphatic rings. The molecule has 0 saturated heterocycles. The number of carboxylic acids is 2. The van der Waals surface area contributed by atoms with Gasteiger partial charge in [-0.2, -0.15) is 5.10 Å². The van der Waals surface area contributed by atoms with E-state index in [1.807, 2.05) is 36.9 Å². The van der Waals surface area contributed by atoms with Crippen molar-refractivity contribution in [3.63, 3.8) is 0 Å². The summed E-state index contributed by atoms with van der Waals surface area (Å²) in [6, 6.07) is 12.3. The van der Waals surface area contributed by atoms with E-state index in [0.29, 0.717) is 35.0 Å². The Hall–Kier alpha value is -4.31. The number of aliphatic imine (C=N–C) groups is 1. The molecule has 1 aromatic heterocycles. The molecule has 0 aliphatic carbocycles. The van der Waals surface area contributed by atoms with Gasteiger partial charge in [-0.25, -0.2) is 9.59 Å². The summed E-state index contributed by atoms with van der Waals surface area (Å²) in [4.78, 5) is 34.8. The second kappa shape index (κ2) is 10.1. The van der Waals surface area contributed by atoms with Crippen LogP contribution in [0, 0.1) is 17.0 Å². The minimum absolute atomic E-state index is 0.0218. The number of rotatable bonds is 4. The van der Waals surface area contributed by atoms with Crippen molar-refractivity contribution >= 4 is 34.9 Å². The maximum Gasteiger partial charge on any atom is 0.328 e. The Bertz CT molecular complexity index is 1340. The minimum atomic E-state index is -1.26. The van der Waals surface area contributed by atoms with Crippen molar-refractivity contribution in [3.8, 4) is 11.1 Å². The number of non-ortho nitro benzene ring substituents is 1. The highest BCUT2D eigenvalue weighted by atomic mass is 35.5. The number of hydrogen-bond acceptors (Lipinski definition) is 6. The number of carbonyl (C=O) groups is 2. The first-order chi connectivity index (χ1) is 16.1. The van der Waals surface area contributed by atoms with E-state index in [-0.39, 0.29) is 5.69 Å². The molecule has 0 unspecified atom stereocenters. The number of aromatic nitrogens is 2. The van der Waals surface area contributed by atoms with Gasteiger partial charge in [0.05, 0.1) is 22.9 Å². The van der Waals surface area contributed by atoms with E-state index in [9.17, 15) is 19.7 Å². The Labute approximate surface area is 198 Å². The molecule has 10 nitrogen and oxygen atoms in total. The maximum absolute atomic E-state index is 11.3. The number of benzene rings is 2. The summed E-state index contributed by atoms with van der Waals surface area (Å²) in [7, 11) is 1.88. The highest BCUT2D eigenvalue weighted by Gasteiger charge is 2.26. The average Bonchev–Trinajstić information content (AvgIpc) is 2.97. The molecule has 2 N–H and O–H groups in total. The van der Waals surface area contributed by atoms with Crippen molar-refractivity contribution in [3.05, 3.63) is 92.3 Å². The van der Waals surface area contributed by atoms with Gasteiger partial charge < -0.3 is 10.2 Å². The molecular formula is C23H19ClN4O6. The molecule has 0 fully saturated rings. The molecule has 1 aliphatic heterocycles. The Morgan fingerprint density at radius 2 is 1.74 bits per heavy atom. The molecule has 11 heteroatoms. The second-order valence-electron chi connectivity index (χ2n) is 7.17. The van der Waals surface area contributed by atoms with Crippen molar-refractivity contribution in [1.82, 2.24) is 9.78 Å². The first-order valence-electron chi connectivity index (χ1n) is 9.85. The highest BCUT2D eigenvalue weighted by molar-refractivity contribution is 6.36. The highest BCUT2D eigenvalue weighted by Crippen LogP contribution is 2.37. The number of nitro benzene ring substituents is 1. The van der Waals surface area contributed by atoms with Gasteiger partial charge in [0.15, 0.2) is 0 Å². The molecule has 2 heterocycles. The van der Waals surface area contributed by atoms with E-state index in [4.69, 9.17) is 26.8 Å². The smallest absolute Gasteiger partial charge is 0.328 e. The summed E-state index contributed by atoms with van der Waals surface area (Å²) >= 11 is 6.39. The maximum atomic E-state index is 11.3. The second-order valence-corrected chi connectivity index (χ2v) is 7.58. The molecule has 4 rings (SSSR count). The molecule has 174 valence electrons. The fraction of sp³-hybridized carbons (Fsp3) is 0.130. The lowest BCUT2D eigenvalue weighted by molar-refractivity contribution is -0.384. The number of aliphatic carboxylic acids is 2. The summed E-state index contributed by atoms with van der Waals surface area (Å²) < 4.78 is 1.81. The summed E-state index contributed by atoms with van der Waals surface area (Å²) in [5.74, 6) is -2.51. The SMILES string of the molecule is Cc1c2c(nn1C)CN=C(c1ccccc1Cl)c1cc([N+](=O)[O-])ccc1-2.O=C(O)/C=C\C(=O)O. The van der Waals surface area contributed by atoms with Gasteiger partial charge >= 0.3 is 11.9 Å². The molecule has 0 spiro atoms. The van der Waals surface area contributed by atoms with Gasteiger partial charge in [-0.15, -0.1) is 0 Å². The lowest BCUT2D eigenvalue weighted by atomic mass is 9.92. The molecule has 2 aromatic carbocycles. The summed E-state index contributed by atoms with van der Waals surface area (Å²) in [5, 5.41) is 32.1. The zero-order chi connectivity index (χ0) is 25.0. The van der Waals surface area contributed by atoms with Crippen molar-refractivity contribution in [1.29, 1.82) is 0 Å². The molecule has 3 aromatic rings. The van der Waals surface area contributed by atoms with Gasteiger partial charge in [0.25, 0.3) is 5.69 Å². The molecule has 0 radical (unpaired) electrons. The number of halogens is 1. The predicted octanol–water partition coefficient (Wildman–Crippen LogP) is 4.02. The Kier molecular flexibility index (Phi) is 7.22. The summed E-state index contributed by atoms with van der Waals surface area (Å²) in [6.45, 7) is 2.37. The fourth-order valence-electron chi connectivity index (χ4n) is 3.46. The van der Waals surface area contributed by atoms with Gasteiger partial charge in [-0.3, -0.25) is 19.8 Å².